The zero-order chi connectivity index (χ0) is 37.3. The quantitative estimate of drug-likeness (QED) is 0.0682. The van der Waals surface area contributed by atoms with Gasteiger partial charge in [-0.1, -0.05) is 12.1 Å². The molecule has 4 aromatic carbocycles. The van der Waals surface area contributed by atoms with Crippen LogP contribution in [0.4, 0.5) is 0 Å². The van der Waals surface area contributed by atoms with Crippen LogP contribution in [-0.2, 0) is 19.0 Å². The second kappa shape index (κ2) is 14.3. The maximum absolute atomic E-state index is 14.0. The number of rotatable bonds is 8. The van der Waals surface area contributed by atoms with Crippen molar-refractivity contribution < 1.29 is 68.7 Å². The monoisotopic (exact) mass is 714 g/mol. The Bertz CT molecular complexity index is 2220. The lowest BCUT2D eigenvalue weighted by atomic mass is 9.99. The van der Waals surface area contributed by atoms with Crippen molar-refractivity contribution in [1.82, 2.24) is 0 Å². The van der Waals surface area contributed by atoms with E-state index >= 15 is 0 Å². The van der Waals surface area contributed by atoms with Gasteiger partial charge in [0, 0.05) is 23.8 Å². The predicted octanol–water partition coefficient (Wildman–Crippen LogP) is 4.03. The van der Waals surface area contributed by atoms with E-state index < -0.39 is 82.2 Å². The summed E-state index contributed by atoms with van der Waals surface area (Å²) in [5.74, 6) is -5.37. The molecule has 268 valence electrons. The van der Waals surface area contributed by atoms with Crippen LogP contribution in [0.15, 0.2) is 94.2 Å². The van der Waals surface area contributed by atoms with Crippen LogP contribution in [-0.4, -0.2) is 78.4 Å². The Morgan fingerprint density at radius 3 is 2.10 bits per heavy atom. The van der Waals surface area contributed by atoms with E-state index in [0.29, 0.717) is 5.56 Å². The molecule has 5 aromatic rings. The number of hydrogen-bond donors (Lipinski definition) is 7. The summed E-state index contributed by atoms with van der Waals surface area (Å²) in [6.07, 6.45) is -5.67. The SMILES string of the molecule is C[C@@H]1O[C@@H](Oc2c(-c3ccc(O)c(O)c3)oc3cc(O)cc(O)c3c2=O)[C@H](OC(=O)c2ccc(O)cc2)[C@@H](O)[C@H]1OC(=O)C=Cc1ccc(O)cc1. The molecule has 0 bridgehead atoms. The molecule has 1 fully saturated rings. The maximum Gasteiger partial charge on any atom is 0.338 e. The molecule has 1 aliphatic rings. The highest BCUT2D eigenvalue weighted by molar-refractivity contribution is 5.90. The van der Waals surface area contributed by atoms with Gasteiger partial charge < -0.3 is 59.1 Å². The van der Waals surface area contributed by atoms with Gasteiger partial charge in [-0.15, -0.1) is 0 Å². The molecule has 0 amide bonds. The molecule has 6 rings (SSSR count). The van der Waals surface area contributed by atoms with Gasteiger partial charge in [-0.2, -0.15) is 0 Å². The van der Waals surface area contributed by atoms with Gasteiger partial charge in [-0.05, 0) is 73.2 Å². The number of carbonyl (C=O) groups is 2. The minimum absolute atomic E-state index is 0.0200. The Hall–Kier alpha value is -6.71. The number of ether oxygens (including phenoxy) is 4. The minimum Gasteiger partial charge on any atom is -0.508 e. The van der Waals surface area contributed by atoms with Gasteiger partial charge in [-0.25, -0.2) is 9.59 Å². The third-order valence-electron chi connectivity index (χ3n) is 8.05. The largest absolute Gasteiger partial charge is 0.508 e. The summed E-state index contributed by atoms with van der Waals surface area (Å²) in [6, 6.07) is 16.2. The highest BCUT2D eigenvalue weighted by Gasteiger charge is 2.50. The Morgan fingerprint density at radius 1 is 0.750 bits per heavy atom. The number of aliphatic hydroxyl groups is 1. The highest BCUT2D eigenvalue weighted by Crippen LogP contribution is 2.40. The number of phenolic OH excluding ortho intramolecular Hbond substituents is 6. The maximum atomic E-state index is 14.0. The molecule has 2 heterocycles. The van der Waals surface area contributed by atoms with Gasteiger partial charge in [0.05, 0.1) is 11.7 Å². The van der Waals surface area contributed by atoms with Gasteiger partial charge in [-0.3, -0.25) is 4.79 Å². The van der Waals surface area contributed by atoms with E-state index in [9.17, 15) is 50.1 Å². The lowest BCUT2D eigenvalue weighted by Crippen LogP contribution is -2.61. The number of aromatic hydroxyl groups is 6. The number of carbonyl (C=O) groups excluding carboxylic acids is 2. The summed E-state index contributed by atoms with van der Waals surface area (Å²) in [5.41, 5.74) is -0.850. The van der Waals surface area contributed by atoms with E-state index in [-0.39, 0.29) is 34.0 Å². The van der Waals surface area contributed by atoms with E-state index in [2.05, 4.69) is 0 Å². The number of phenols is 6. The zero-order valence-corrected chi connectivity index (χ0v) is 26.9. The summed E-state index contributed by atoms with van der Waals surface area (Å²) < 4.78 is 29.0. The molecule has 0 spiro atoms. The smallest absolute Gasteiger partial charge is 0.338 e. The fourth-order valence-corrected chi connectivity index (χ4v) is 5.44. The zero-order valence-electron chi connectivity index (χ0n) is 26.9. The Balaban J connectivity index is 1.39. The van der Waals surface area contributed by atoms with E-state index in [4.69, 9.17) is 23.4 Å². The van der Waals surface area contributed by atoms with Gasteiger partial charge in [0.2, 0.25) is 17.5 Å². The van der Waals surface area contributed by atoms with Crippen molar-refractivity contribution in [1.29, 1.82) is 0 Å². The molecule has 1 aliphatic heterocycles. The van der Waals surface area contributed by atoms with Crippen LogP contribution < -0.4 is 10.2 Å². The standard InChI is InChI=1S/C37H30O15/c1-17-32(50-28(44)13-4-18-2-8-21(38)9-3-18)31(46)35(51-36(47)19-5-10-22(39)11-6-19)37(48-17)52-34-30(45)29-26(43)15-23(40)16-27(29)49-33(34)20-7-12-24(41)25(42)14-20/h2-17,31-32,35,37-43,46H,1H3/t17-,31-,32-,35+,37-/m0/s1. The van der Waals surface area contributed by atoms with Gasteiger partial charge in [0.25, 0.3) is 0 Å². The lowest BCUT2D eigenvalue weighted by Gasteiger charge is -2.42. The van der Waals surface area contributed by atoms with E-state index in [1.165, 1.54) is 55.5 Å². The summed E-state index contributed by atoms with van der Waals surface area (Å²) in [5, 5.41) is 71.1. The van der Waals surface area contributed by atoms with Crippen LogP contribution >= 0.6 is 0 Å². The Labute approximate surface area is 293 Å². The van der Waals surface area contributed by atoms with Crippen LogP contribution in [0.2, 0.25) is 0 Å². The van der Waals surface area contributed by atoms with Crippen molar-refractivity contribution in [3.8, 4) is 51.6 Å². The summed E-state index contributed by atoms with van der Waals surface area (Å²) in [6.45, 7) is 1.41. The molecule has 1 saturated heterocycles. The third-order valence-corrected chi connectivity index (χ3v) is 8.05. The molecule has 0 unspecified atom stereocenters. The molecule has 7 N–H and O–H groups in total. The number of benzene rings is 4. The van der Waals surface area contributed by atoms with E-state index in [1.807, 2.05) is 0 Å². The second-order valence-electron chi connectivity index (χ2n) is 11.7. The minimum atomic E-state index is -1.85. The number of aliphatic hydroxyl groups excluding tert-OH is 1. The predicted molar refractivity (Wildman–Crippen MR) is 180 cm³/mol. The molecular weight excluding hydrogens is 684 g/mol. The first-order chi connectivity index (χ1) is 24.8. The summed E-state index contributed by atoms with van der Waals surface area (Å²) >= 11 is 0. The number of fused-ring (bicyclic) bond motifs is 1. The molecule has 1 aromatic heterocycles. The highest BCUT2D eigenvalue weighted by atomic mass is 16.7. The van der Waals surface area contributed by atoms with Gasteiger partial charge >= 0.3 is 11.9 Å². The topological polar surface area (TPSA) is 243 Å². The first kappa shape index (κ1) is 35.1. The lowest BCUT2D eigenvalue weighted by molar-refractivity contribution is -0.271. The molecule has 15 nitrogen and oxygen atoms in total. The third kappa shape index (κ3) is 7.26. The van der Waals surface area contributed by atoms with E-state index in [1.54, 1.807) is 12.1 Å². The van der Waals surface area contributed by atoms with E-state index in [0.717, 1.165) is 30.3 Å². The Morgan fingerprint density at radius 2 is 1.42 bits per heavy atom. The average molecular weight is 715 g/mol. The second-order valence-corrected chi connectivity index (χ2v) is 11.7. The van der Waals surface area contributed by atoms with Crippen molar-refractivity contribution in [2.75, 3.05) is 0 Å². The van der Waals surface area contributed by atoms with Crippen molar-refractivity contribution in [2.45, 2.75) is 37.6 Å². The number of esters is 2. The molecule has 0 saturated carbocycles. The molecule has 0 aliphatic carbocycles. The molecule has 52 heavy (non-hydrogen) atoms. The average Bonchev–Trinajstić information content (AvgIpc) is 3.10. The molecule has 15 heteroatoms. The normalized spacial score (nSPS) is 20.1. The fraction of sp³-hybridized carbons (Fsp3) is 0.162. The van der Waals surface area contributed by atoms with Crippen molar-refractivity contribution in [3.63, 3.8) is 0 Å². The Kier molecular flexibility index (Phi) is 9.63. The molecule has 5 atom stereocenters. The van der Waals surface area contributed by atoms with Gasteiger partial charge in [0.15, 0.2) is 29.5 Å². The molecular formula is C37H30O15. The first-order valence-electron chi connectivity index (χ1n) is 15.5. The van der Waals surface area contributed by atoms with Crippen molar-refractivity contribution in [3.05, 3.63) is 106 Å². The fourth-order valence-electron chi connectivity index (χ4n) is 5.44. The van der Waals surface area contributed by atoms with Crippen LogP contribution in [0.5, 0.6) is 40.2 Å². The first-order valence-corrected chi connectivity index (χ1v) is 15.5. The number of hydrogen-bond acceptors (Lipinski definition) is 15. The van der Waals surface area contributed by atoms with Crippen LogP contribution in [0.3, 0.4) is 0 Å². The van der Waals surface area contributed by atoms with Crippen LogP contribution in [0.25, 0.3) is 28.4 Å². The summed E-state index contributed by atoms with van der Waals surface area (Å²) in [4.78, 5) is 40.1. The van der Waals surface area contributed by atoms with Crippen molar-refractivity contribution in [2.24, 2.45) is 0 Å². The van der Waals surface area contributed by atoms with Crippen LogP contribution in [0, 0.1) is 0 Å². The molecule has 0 radical (unpaired) electrons. The summed E-state index contributed by atoms with van der Waals surface area (Å²) in [7, 11) is 0. The van der Waals surface area contributed by atoms with Gasteiger partial charge in [0.1, 0.15) is 40.1 Å². The van der Waals surface area contributed by atoms with Crippen molar-refractivity contribution >= 4 is 29.0 Å². The van der Waals surface area contributed by atoms with Crippen LogP contribution in [0.1, 0.15) is 22.8 Å².